The van der Waals surface area contributed by atoms with Crippen molar-refractivity contribution in [2.45, 2.75) is 58.0 Å². The molecule has 34 heavy (non-hydrogen) atoms. The zero-order valence-corrected chi connectivity index (χ0v) is 20.1. The predicted octanol–water partition coefficient (Wildman–Crippen LogP) is 4.36. The summed E-state index contributed by atoms with van der Waals surface area (Å²) in [6, 6.07) is 9.99. The molecule has 1 aliphatic carbocycles. The van der Waals surface area contributed by atoms with E-state index in [0.29, 0.717) is 37.9 Å². The van der Waals surface area contributed by atoms with E-state index in [1.807, 2.05) is 39.1 Å². The minimum Gasteiger partial charge on any atom is -0.481 e. The van der Waals surface area contributed by atoms with Gasteiger partial charge in [-0.1, -0.05) is 17.7 Å². The molecule has 3 aromatic rings. The first-order chi connectivity index (χ1) is 16.4. The van der Waals surface area contributed by atoms with E-state index in [1.54, 1.807) is 11.3 Å². The van der Waals surface area contributed by atoms with Crippen molar-refractivity contribution < 1.29 is 19.5 Å². The van der Waals surface area contributed by atoms with Gasteiger partial charge in [0.2, 0.25) is 5.91 Å². The molecule has 2 N–H and O–H groups in total. The molecule has 2 aromatic heterocycles. The third-order valence-corrected chi connectivity index (χ3v) is 7.97. The summed E-state index contributed by atoms with van der Waals surface area (Å²) < 4.78 is 2.80. The van der Waals surface area contributed by atoms with Gasteiger partial charge in [-0.05, 0) is 74.6 Å². The molecule has 0 atom stereocenters. The number of amides is 2. The largest absolute Gasteiger partial charge is 0.481 e. The van der Waals surface area contributed by atoms with Crippen LogP contribution in [0, 0.1) is 12.8 Å². The Bertz CT molecular complexity index is 1250. The smallest absolute Gasteiger partial charge is 0.306 e. The lowest BCUT2D eigenvalue weighted by Gasteiger charge is -2.30. The quantitative estimate of drug-likeness (QED) is 0.569. The van der Waals surface area contributed by atoms with Gasteiger partial charge in [0, 0.05) is 18.3 Å². The van der Waals surface area contributed by atoms with Crippen molar-refractivity contribution in [3.63, 3.8) is 0 Å². The van der Waals surface area contributed by atoms with E-state index in [-0.39, 0.29) is 30.3 Å². The predicted molar refractivity (Wildman–Crippen MR) is 133 cm³/mol. The molecule has 0 unspecified atom stereocenters. The fourth-order valence-electron chi connectivity index (χ4n) is 5.29. The third kappa shape index (κ3) is 4.34. The van der Waals surface area contributed by atoms with Gasteiger partial charge in [-0.3, -0.25) is 14.4 Å². The van der Waals surface area contributed by atoms with Gasteiger partial charge in [0.15, 0.2) is 0 Å². The highest BCUT2D eigenvalue weighted by molar-refractivity contribution is 7.17. The van der Waals surface area contributed by atoms with E-state index in [0.717, 1.165) is 28.7 Å². The zero-order chi connectivity index (χ0) is 23.8. The van der Waals surface area contributed by atoms with Crippen LogP contribution in [0.15, 0.2) is 35.7 Å². The first kappa shape index (κ1) is 22.7. The van der Waals surface area contributed by atoms with Gasteiger partial charge in [-0.25, -0.2) is 0 Å². The minimum atomic E-state index is -0.758. The number of nitrogens with zero attached hydrogens (tertiary/aromatic N) is 2. The zero-order valence-electron chi connectivity index (χ0n) is 19.3. The first-order valence-corrected chi connectivity index (χ1v) is 12.8. The summed E-state index contributed by atoms with van der Waals surface area (Å²) in [4.78, 5) is 39.8. The van der Waals surface area contributed by atoms with Crippen LogP contribution in [-0.2, 0) is 22.6 Å². The average Bonchev–Trinajstić information content (AvgIpc) is 3.41. The van der Waals surface area contributed by atoms with Crippen molar-refractivity contribution in [3.05, 3.63) is 52.5 Å². The molecule has 2 aliphatic rings. The van der Waals surface area contributed by atoms with Crippen molar-refractivity contribution >= 4 is 45.0 Å². The van der Waals surface area contributed by atoms with E-state index in [2.05, 4.69) is 18.3 Å². The van der Waals surface area contributed by atoms with Crippen molar-refractivity contribution in [1.82, 2.24) is 9.88 Å². The van der Waals surface area contributed by atoms with Crippen LogP contribution in [0.3, 0.4) is 0 Å². The molecule has 0 bridgehead atoms. The van der Waals surface area contributed by atoms with Crippen molar-refractivity contribution in [1.29, 1.82) is 0 Å². The number of aliphatic carboxylic acids is 1. The number of nitrogens with one attached hydrogen (secondary N) is 1. The second-order valence-electron chi connectivity index (χ2n) is 9.43. The number of carboxylic acids is 1. The average molecular weight is 480 g/mol. The van der Waals surface area contributed by atoms with Crippen molar-refractivity contribution in [2.24, 2.45) is 5.92 Å². The maximum Gasteiger partial charge on any atom is 0.306 e. The van der Waals surface area contributed by atoms with E-state index < -0.39 is 5.97 Å². The molecule has 1 saturated carbocycles. The molecule has 0 saturated heterocycles. The summed E-state index contributed by atoms with van der Waals surface area (Å²) in [5.74, 6) is -1.31. The number of anilines is 1. The van der Waals surface area contributed by atoms with Crippen LogP contribution in [0.25, 0.3) is 10.2 Å². The third-order valence-electron chi connectivity index (χ3n) is 7.12. The van der Waals surface area contributed by atoms with E-state index in [4.69, 9.17) is 0 Å². The number of carbonyl (C=O) groups is 3. The Kier molecular flexibility index (Phi) is 6.16. The van der Waals surface area contributed by atoms with Crippen LogP contribution >= 0.6 is 11.3 Å². The van der Waals surface area contributed by atoms with Gasteiger partial charge in [-0.15, -0.1) is 11.3 Å². The molecule has 1 fully saturated rings. The Morgan fingerprint density at radius 1 is 1.12 bits per heavy atom. The molecular weight excluding hydrogens is 450 g/mol. The maximum absolute atomic E-state index is 13.5. The van der Waals surface area contributed by atoms with Crippen molar-refractivity contribution in [3.8, 4) is 0 Å². The maximum atomic E-state index is 13.5. The van der Waals surface area contributed by atoms with E-state index in [9.17, 15) is 19.5 Å². The van der Waals surface area contributed by atoms with Crippen LogP contribution in [0.5, 0.6) is 0 Å². The fourth-order valence-corrected chi connectivity index (χ4v) is 6.11. The Labute approximate surface area is 202 Å². The summed E-state index contributed by atoms with van der Waals surface area (Å²) in [5.41, 5.74) is 4.73. The molecule has 3 heterocycles. The Hall–Kier alpha value is -3.13. The highest BCUT2D eigenvalue weighted by Crippen LogP contribution is 2.30. The lowest BCUT2D eigenvalue weighted by Crippen LogP contribution is -2.41. The number of hydrogen-bond acceptors (Lipinski definition) is 4. The first-order valence-electron chi connectivity index (χ1n) is 11.9. The standard InChI is InChI=1S/C26H29N3O4S/c1-16-4-9-20-18(13-16)3-2-11-28(20)24(30)15-29-21-10-12-34-23(21)14-22(29)25(31)27-19-7-5-17(6-8-19)26(32)33/h4,9-10,12-14,17,19H,2-3,5-8,11,15H2,1H3,(H,27,31)(H,32,33)/t17-,19-. The molecule has 0 radical (unpaired) electrons. The van der Waals surface area contributed by atoms with Crippen LogP contribution in [0.2, 0.25) is 0 Å². The second kappa shape index (κ2) is 9.25. The van der Waals surface area contributed by atoms with Crippen molar-refractivity contribution in [2.75, 3.05) is 11.4 Å². The number of thiophene rings is 1. The molecule has 2 amide bonds. The van der Waals surface area contributed by atoms with Gasteiger partial charge < -0.3 is 19.9 Å². The number of aromatic nitrogens is 1. The number of benzene rings is 1. The molecule has 1 aromatic carbocycles. The monoisotopic (exact) mass is 479 g/mol. The van der Waals surface area contributed by atoms with Gasteiger partial charge in [-0.2, -0.15) is 0 Å². The van der Waals surface area contributed by atoms with Crippen LogP contribution in [-0.4, -0.2) is 40.0 Å². The molecule has 8 heteroatoms. The number of fused-ring (bicyclic) bond motifs is 2. The van der Waals surface area contributed by atoms with Crippen LogP contribution in [0.4, 0.5) is 5.69 Å². The van der Waals surface area contributed by atoms with Crippen LogP contribution < -0.4 is 10.2 Å². The fraction of sp³-hybridized carbons (Fsp3) is 0.423. The molecule has 0 spiro atoms. The normalized spacial score (nSPS) is 20.2. The van der Waals surface area contributed by atoms with Crippen LogP contribution in [0.1, 0.15) is 53.7 Å². The van der Waals surface area contributed by atoms with Gasteiger partial charge in [0.25, 0.3) is 5.91 Å². The topological polar surface area (TPSA) is 91.6 Å². The number of aryl methyl sites for hydroxylation is 2. The number of rotatable bonds is 5. The highest BCUT2D eigenvalue weighted by atomic mass is 32.1. The molecule has 7 nitrogen and oxygen atoms in total. The SMILES string of the molecule is Cc1ccc2c(c1)CCCN2C(=O)Cn1c(C(=O)N[C@H]2CC[C@H](C(=O)O)CC2)cc2sccc21. The summed E-state index contributed by atoms with van der Waals surface area (Å²) in [6.07, 6.45) is 4.35. The minimum absolute atomic E-state index is 0.0236. The number of carboxylic acid groups (broad SMARTS) is 1. The van der Waals surface area contributed by atoms with Gasteiger partial charge in [0.05, 0.1) is 16.1 Å². The lowest BCUT2D eigenvalue weighted by molar-refractivity contribution is -0.142. The van der Waals surface area contributed by atoms with E-state index >= 15 is 0 Å². The van der Waals surface area contributed by atoms with E-state index in [1.165, 1.54) is 11.1 Å². The number of hydrogen-bond donors (Lipinski definition) is 2. The Morgan fingerprint density at radius 2 is 1.91 bits per heavy atom. The highest BCUT2D eigenvalue weighted by Gasteiger charge is 2.29. The number of carbonyl (C=O) groups excluding carboxylic acids is 2. The Balaban J connectivity index is 1.35. The molecular formula is C26H29N3O4S. The van der Waals surface area contributed by atoms with Gasteiger partial charge in [0.1, 0.15) is 12.2 Å². The summed E-state index contributed by atoms with van der Waals surface area (Å²) >= 11 is 1.55. The summed E-state index contributed by atoms with van der Waals surface area (Å²) in [6.45, 7) is 2.84. The summed E-state index contributed by atoms with van der Waals surface area (Å²) in [7, 11) is 0. The second-order valence-corrected chi connectivity index (χ2v) is 10.4. The van der Waals surface area contributed by atoms with Gasteiger partial charge >= 0.3 is 5.97 Å². The molecule has 178 valence electrons. The summed E-state index contributed by atoms with van der Waals surface area (Å²) in [5, 5.41) is 14.3. The Morgan fingerprint density at radius 3 is 2.68 bits per heavy atom. The molecule has 1 aliphatic heterocycles. The molecule has 5 rings (SSSR count). The lowest BCUT2D eigenvalue weighted by atomic mass is 9.86.